The summed E-state index contributed by atoms with van der Waals surface area (Å²) in [5.41, 5.74) is 0. The van der Waals surface area contributed by atoms with E-state index in [0.29, 0.717) is 12.8 Å². The van der Waals surface area contributed by atoms with Crippen LogP contribution in [0.15, 0.2) is 24.3 Å². The second-order valence-electron chi connectivity index (χ2n) is 12.9. The third kappa shape index (κ3) is 52.8. The molecule has 2 N–H and O–H groups in total. The summed E-state index contributed by atoms with van der Waals surface area (Å²) < 4.78 is 0. The minimum absolute atomic E-state index is 0. The van der Waals surface area contributed by atoms with Crippen LogP contribution in [0.25, 0.3) is 0 Å². The molecule has 45 heavy (non-hydrogen) atoms. The first kappa shape index (κ1) is 48.4. The average Bonchev–Trinajstić information content (AvgIpc) is 3.00. The van der Waals surface area contributed by atoms with E-state index in [-0.39, 0.29) is 19.5 Å². The van der Waals surface area contributed by atoms with Crippen molar-refractivity contribution in [3.63, 3.8) is 0 Å². The number of carboxylic acids is 2. The van der Waals surface area contributed by atoms with Crippen LogP contribution >= 0.6 is 0 Å². The quantitative estimate of drug-likeness (QED) is 0.0401. The smallest absolute Gasteiger partial charge is 0.303 e. The Bertz CT molecular complexity index is 578. The molecule has 0 saturated heterocycles. The monoisotopic (exact) mass is 685 g/mol. The van der Waals surface area contributed by atoms with Gasteiger partial charge in [-0.25, -0.2) is 0 Å². The molecular formula is C40H76O4Zn. The Kier molecular flexibility index (Phi) is 48.6. The van der Waals surface area contributed by atoms with Crippen LogP contribution < -0.4 is 0 Å². The normalized spacial score (nSPS) is 11.1. The largest absolute Gasteiger partial charge is 0.481 e. The summed E-state index contributed by atoms with van der Waals surface area (Å²) in [7, 11) is 0. The van der Waals surface area contributed by atoms with Crippen molar-refractivity contribution in [2.75, 3.05) is 0 Å². The summed E-state index contributed by atoms with van der Waals surface area (Å²) in [6.07, 6.45) is 48.3. The van der Waals surface area contributed by atoms with Crippen LogP contribution in [0.5, 0.6) is 0 Å². The van der Waals surface area contributed by atoms with Crippen molar-refractivity contribution in [1.82, 2.24) is 0 Å². The van der Waals surface area contributed by atoms with E-state index in [4.69, 9.17) is 10.2 Å². The Morgan fingerprint density at radius 2 is 0.556 bits per heavy atom. The number of unbranched alkanes of at least 4 members (excludes halogenated alkanes) is 26. The maximum atomic E-state index is 10.4. The van der Waals surface area contributed by atoms with Crippen LogP contribution in [-0.2, 0) is 29.1 Å². The predicted molar refractivity (Wildman–Crippen MR) is 193 cm³/mol. The first-order valence-electron chi connectivity index (χ1n) is 19.3. The van der Waals surface area contributed by atoms with Gasteiger partial charge in [0.2, 0.25) is 0 Å². The van der Waals surface area contributed by atoms with E-state index in [1.165, 1.54) is 167 Å². The third-order valence-electron chi connectivity index (χ3n) is 8.30. The molecule has 262 valence electrons. The van der Waals surface area contributed by atoms with Gasteiger partial charge >= 0.3 is 11.9 Å². The van der Waals surface area contributed by atoms with Gasteiger partial charge in [-0.05, 0) is 64.2 Å². The van der Waals surface area contributed by atoms with Crippen molar-refractivity contribution in [3.8, 4) is 0 Å². The minimum atomic E-state index is -0.659. The summed E-state index contributed by atoms with van der Waals surface area (Å²) in [5.74, 6) is -1.32. The molecule has 0 radical (unpaired) electrons. The first-order chi connectivity index (χ1) is 21.5. The first-order valence-corrected chi connectivity index (χ1v) is 19.3. The van der Waals surface area contributed by atoms with Crippen molar-refractivity contribution < 1.29 is 39.3 Å². The van der Waals surface area contributed by atoms with Crippen LogP contribution in [0.1, 0.15) is 219 Å². The van der Waals surface area contributed by atoms with Crippen LogP contribution in [0, 0.1) is 0 Å². The van der Waals surface area contributed by atoms with Gasteiger partial charge in [0.05, 0.1) is 0 Å². The zero-order valence-electron chi connectivity index (χ0n) is 30.4. The van der Waals surface area contributed by atoms with Gasteiger partial charge in [0, 0.05) is 32.3 Å². The van der Waals surface area contributed by atoms with Gasteiger partial charge in [0.15, 0.2) is 0 Å². The van der Waals surface area contributed by atoms with Crippen molar-refractivity contribution >= 4 is 11.9 Å². The van der Waals surface area contributed by atoms with Crippen molar-refractivity contribution in [3.05, 3.63) is 24.3 Å². The summed E-state index contributed by atoms with van der Waals surface area (Å²) >= 11 is 0. The fourth-order valence-electron chi connectivity index (χ4n) is 5.40. The number of allylic oxidation sites excluding steroid dienone is 4. The summed E-state index contributed by atoms with van der Waals surface area (Å²) in [4.78, 5) is 20.7. The molecule has 0 aromatic rings. The van der Waals surface area contributed by atoms with E-state index >= 15 is 0 Å². The number of hydrogen-bond acceptors (Lipinski definition) is 2. The Morgan fingerprint density at radius 3 is 0.778 bits per heavy atom. The SMILES string of the molecule is CCCCCCCC/C=C\CCCCCCCCCC(=O)O.CCCCCCCC/C=C\CCCCCCCCCC(=O)O.[Zn]. The number of carboxylic acid groups (broad SMARTS) is 2. The van der Waals surface area contributed by atoms with Gasteiger partial charge in [0.1, 0.15) is 0 Å². The molecule has 4 nitrogen and oxygen atoms in total. The van der Waals surface area contributed by atoms with Gasteiger partial charge in [-0.3, -0.25) is 9.59 Å². The molecule has 0 aromatic heterocycles. The molecule has 0 aliphatic heterocycles. The van der Waals surface area contributed by atoms with Crippen LogP contribution in [-0.4, -0.2) is 22.2 Å². The van der Waals surface area contributed by atoms with E-state index in [1.807, 2.05) is 0 Å². The molecule has 0 saturated carbocycles. The van der Waals surface area contributed by atoms with Crippen molar-refractivity contribution in [1.29, 1.82) is 0 Å². The molecule has 0 atom stereocenters. The number of carbonyl (C=O) groups is 2. The fraction of sp³-hybridized carbons (Fsp3) is 0.850. The van der Waals surface area contributed by atoms with Gasteiger partial charge in [-0.15, -0.1) is 0 Å². The summed E-state index contributed by atoms with van der Waals surface area (Å²) in [6, 6.07) is 0. The van der Waals surface area contributed by atoms with Crippen LogP contribution in [0.4, 0.5) is 0 Å². The molecular weight excluding hydrogens is 610 g/mol. The second kappa shape index (κ2) is 45.2. The average molecular weight is 686 g/mol. The Hall–Kier alpha value is -0.957. The molecule has 0 heterocycles. The Labute approximate surface area is 293 Å². The number of aliphatic carboxylic acids is 2. The van der Waals surface area contributed by atoms with Gasteiger partial charge in [0.25, 0.3) is 0 Å². The Balaban J connectivity index is -0.000000767. The zero-order valence-corrected chi connectivity index (χ0v) is 33.3. The van der Waals surface area contributed by atoms with E-state index in [9.17, 15) is 9.59 Å². The number of hydrogen-bond donors (Lipinski definition) is 2. The van der Waals surface area contributed by atoms with E-state index < -0.39 is 11.9 Å². The maximum absolute atomic E-state index is 10.4. The van der Waals surface area contributed by atoms with E-state index in [0.717, 1.165) is 25.7 Å². The molecule has 0 aromatic carbocycles. The van der Waals surface area contributed by atoms with Gasteiger partial charge in [-0.2, -0.15) is 0 Å². The van der Waals surface area contributed by atoms with Crippen molar-refractivity contribution in [2.45, 2.75) is 219 Å². The molecule has 0 spiro atoms. The molecule has 0 bridgehead atoms. The zero-order chi connectivity index (χ0) is 32.6. The second-order valence-corrected chi connectivity index (χ2v) is 12.9. The molecule has 0 rings (SSSR count). The Morgan fingerprint density at radius 1 is 0.356 bits per heavy atom. The summed E-state index contributed by atoms with van der Waals surface area (Å²) in [6.45, 7) is 4.53. The third-order valence-corrected chi connectivity index (χ3v) is 8.30. The van der Waals surface area contributed by atoms with E-state index in [1.54, 1.807) is 0 Å². The molecule has 0 aliphatic carbocycles. The fourth-order valence-corrected chi connectivity index (χ4v) is 5.40. The molecule has 0 amide bonds. The maximum Gasteiger partial charge on any atom is 0.303 e. The van der Waals surface area contributed by atoms with Crippen molar-refractivity contribution in [2.24, 2.45) is 0 Å². The van der Waals surface area contributed by atoms with Gasteiger partial charge < -0.3 is 10.2 Å². The molecule has 0 unspecified atom stereocenters. The van der Waals surface area contributed by atoms with Crippen LogP contribution in [0.3, 0.4) is 0 Å². The predicted octanol–water partition coefficient (Wildman–Crippen LogP) is 13.8. The standard InChI is InChI=1S/2C20H38O2.Zn/c2*1-2-3-4-5-6-7-8-9-10-11-12-13-14-15-16-17-18-19-20(21)22;/h2*9-10H,2-8,11-19H2,1H3,(H,21,22);/b2*10-9-;. The molecule has 0 fully saturated rings. The van der Waals surface area contributed by atoms with Gasteiger partial charge in [-0.1, -0.05) is 167 Å². The van der Waals surface area contributed by atoms with Crippen LogP contribution in [0.2, 0.25) is 0 Å². The minimum Gasteiger partial charge on any atom is -0.481 e. The van der Waals surface area contributed by atoms with E-state index in [2.05, 4.69) is 38.2 Å². The molecule has 0 aliphatic rings. The summed E-state index contributed by atoms with van der Waals surface area (Å²) in [5, 5.41) is 17.1. The topological polar surface area (TPSA) is 74.6 Å². The molecule has 5 heteroatoms. The number of rotatable bonds is 34.